The highest BCUT2D eigenvalue weighted by Gasteiger charge is 2.47. The third-order valence-electron chi connectivity index (χ3n) is 3.13. The Hall–Kier alpha value is -0.330. The predicted molar refractivity (Wildman–Crippen MR) is 55.1 cm³/mol. The second-order valence-corrected chi connectivity index (χ2v) is 4.24. The predicted octanol–water partition coefficient (Wildman–Crippen LogP) is 1.38. The highest BCUT2D eigenvalue weighted by molar-refractivity contribution is 4.90. The van der Waals surface area contributed by atoms with E-state index < -0.39 is 18.3 Å². The van der Waals surface area contributed by atoms with Crippen LogP contribution in [0.4, 0.5) is 13.2 Å². The molecule has 0 saturated carbocycles. The molecule has 16 heavy (non-hydrogen) atoms. The molecule has 96 valence electrons. The van der Waals surface area contributed by atoms with Gasteiger partial charge in [-0.2, -0.15) is 13.2 Å². The van der Waals surface area contributed by atoms with E-state index in [-0.39, 0.29) is 6.04 Å². The van der Waals surface area contributed by atoms with Gasteiger partial charge < -0.3 is 10.5 Å². The van der Waals surface area contributed by atoms with Crippen LogP contribution in [0.2, 0.25) is 0 Å². The molecule has 1 saturated heterocycles. The minimum absolute atomic E-state index is 0.177. The summed E-state index contributed by atoms with van der Waals surface area (Å²) in [6.45, 7) is 2.56. The molecule has 0 radical (unpaired) electrons. The van der Waals surface area contributed by atoms with Crippen molar-refractivity contribution in [2.24, 2.45) is 5.73 Å². The number of nitrogens with zero attached hydrogens (tertiary/aromatic N) is 1. The third kappa shape index (κ3) is 3.09. The van der Waals surface area contributed by atoms with Crippen LogP contribution < -0.4 is 5.73 Å². The molecular formula is C10H19F3N2O. The molecule has 0 spiro atoms. The van der Waals surface area contributed by atoms with Crippen LogP contribution in [0, 0.1) is 0 Å². The van der Waals surface area contributed by atoms with Gasteiger partial charge in [-0.25, -0.2) is 0 Å². The summed E-state index contributed by atoms with van der Waals surface area (Å²) in [5, 5.41) is 0. The molecule has 3 atom stereocenters. The van der Waals surface area contributed by atoms with Crippen LogP contribution in [0.25, 0.3) is 0 Å². The maximum absolute atomic E-state index is 12.9. The summed E-state index contributed by atoms with van der Waals surface area (Å²) in [5.74, 6) is 0. The van der Waals surface area contributed by atoms with Crippen LogP contribution in [0.3, 0.4) is 0 Å². The second-order valence-electron chi connectivity index (χ2n) is 4.24. The SMILES string of the molecule is CCC(N)C(N(C)C1CCOC1)C(F)(F)F. The van der Waals surface area contributed by atoms with Crippen LogP contribution in [-0.2, 0) is 4.74 Å². The van der Waals surface area contributed by atoms with Crippen LogP contribution in [0.5, 0.6) is 0 Å². The summed E-state index contributed by atoms with van der Waals surface area (Å²) in [6, 6.07) is -2.64. The summed E-state index contributed by atoms with van der Waals surface area (Å²) in [6.07, 6.45) is -3.34. The molecule has 1 rings (SSSR count). The zero-order valence-electron chi connectivity index (χ0n) is 9.63. The van der Waals surface area contributed by atoms with Gasteiger partial charge >= 0.3 is 6.18 Å². The Bertz CT molecular complexity index is 217. The van der Waals surface area contributed by atoms with Crippen LogP contribution >= 0.6 is 0 Å². The molecule has 1 aliphatic heterocycles. The maximum Gasteiger partial charge on any atom is 0.405 e. The first-order valence-electron chi connectivity index (χ1n) is 5.50. The number of halogens is 3. The van der Waals surface area contributed by atoms with Gasteiger partial charge in [0.2, 0.25) is 0 Å². The van der Waals surface area contributed by atoms with Gasteiger partial charge in [0.25, 0.3) is 0 Å². The van der Waals surface area contributed by atoms with Gasteiger partial charge in [-0.3, -0.25) is 4.90 Å². The van der Waals surface area contributed by atoms with E-state index in [4.69, 9.17) is 10.5 Å². The summed E-state index contributed by atoms with van der Waals surface area (Å²) in [7, 11) is 1.48. The number of rotatable bonds is 4. The first kappa shape index (κ1) is 13.7. The van der Waals surface area contributed by atoms with E-state index in [1.165, 1.54) is 11.9 Å². The lowest BCUT2D eigenvalue weighted by atomic mass is 10.0. The fraction of sp³-hybridized carbons (Fsp3) is 1.00. The minimum atomic E-state index is -4.28. The molecular weight excluding hydrogens is 221 g/mol. The minimum Gasteiger partial charge on any atom is -0.380 e. The summed E-state index contributed by atoms with van der Waals surface area (Å²) < 4.78 is 43.8. The lowest BCUT2D eigenvalue weighted by Crippen LogP contribution is -2.57. The first-order chi connectivity index (χ1) is 7.38. The van der Waals surface area contributed by atoms with E-state index in [1.54, 1.807) is 6.92 Å². The molecule has 0 aliphatic carbocycles. The van der Waals surface area contributed by atoms with E-state index in [1.807, 2.05) is 0 Å². The Morgan fingerprint density at radius 2 is 2.12 bits per heavy atom. The number of hydrogen-bond donors (Lipinski definition) is 1. The highest BCUT2D eigenvalue weighted by atomic mass is 19.4. The molecule has 1 aliphatic rings. The monoisotopic (exact) mass is 240 g/mol. The molecule has 1 heterocycles. The van der Waals surface area contributed by atoms with E-state index in [0.29, 0.717) is 26.1 Å². The van der Waals surface area contributed by atoms with Crippen molar-refractivity contribution in [3.63, 3.8) is 0 Å². The molecule has 0 bridgehead atoms. The molecule has 0 aromatic carbocycles. The lowest BCUT2D eigenvalue weighted by molar-refractivity contribution is -0.191. The van der Waals surface area contributed by atoms with Crippen molar-refractivity contribution in [2.75, 3.05) is 20.3 Å². The fourth-order valence-electron chi connectivity index (χ4n) is 2.07. The lowest BCUT2D eigenvalue weighted by Gasteiger charge is -2.36. The summed E-state index contributed by atoms with van der Waals surface area (Å²) in [5.41, 5.74) is 5.57. The maximum atomic E-state index is 12.9. The summed E-state index contributed by atoms with van der Waals surface area (Å²) >= 11 is 0. The Morgan fingerprint density at radius 3 is 2.50 bits per heavy atom. The van der Waals surface area contributed by atoms with Gasteiger partial charge in [0.15, 0.2) is 0 Å². The van der Waals surface area contributed by atoms with E-state index in [9.17, 15) is 13.2 Å². The molecule has 0 aromatic rings. The van der Waals surface area contributed by atoms with E-state index in [2.05, 4.69) is 0 Å². The average Bonchev–Trinajstić information content (AvgIpc) is 2.68. The number of likely N-dealkylation sites (N-methyl/N-ethyl adjacent to an activating group) is 1. The van der Waals surface area contributed by atoms with E-state index >= 15 is 0 Å². The van der Waals surface area contributed by atoms with Crippen molar-refractivity contribution in [3.8, 4) is 0 Å². The van der Waals surface area contributed by atoms with E-state index in [0.717, 1.165) is 0 Å². The topological polar surface area (TPSA) is 38.5 Å². The summed E-state index contributed by atoms with van der Waals surface area (Å²) in [4.78, 5) is 1.32. The van der Waals surface area contributed by atoms with Gasteiger partial charge in [0.1, 0.15) is 6.04 Å². The molecule has 1 fully saturated rings. The Morgan fingerprint density at radius 1 is 1.50 bits per heavy atom. The highest BCUT2D eigenvalue weighted by Crippen LogP contribution is 2.29. The molecule has 3 nitrogen and oxygen atoms in total. The molecule has 0 aromatic heterocycles. The second kappa shape index (κ2) is 5.33. The van der Waals surface area contributed by atoms with Gasteiger partial charge in [0, 0.05) is 18.7 Å². The smallest absolute Gasteiger partial charge is 0.380 e. The average molecular weight is 240 g/mol. The number of ether oxygens (including phenoxy) is 1. The number of alkyl halides is 3. The van der Waals surface area contributed by atoms with Crippen molar-refractivity contribution in [3.05, 3.63) is 0 Å². The molecule has 6 heteroatoms. The normalized spacial score (nSPS) is 26.1. The van der Waals surface area contributed by atoms with Crippen LogP contribution in [0.1, 0.15) is 19.8 Å². The van der Waals surface area contributed by atoms with Crippen molar-refractivity contribution < 1.29 is 17.9 Å². The van der Waals surface area contributed by atoms with Crippen molar-refractivity contribution >= 4 is 0 Å². The zero-order chi connectivity index (χ0) is 12.3. The van der Waals surface area contributed by atoms with Gasteiger partial charge in [-0.05, 0) is 19.9 Å². The molecule has 0 amide bonds. The molecule has 2 N–H and O–H groups in total. The van der Waals surface area contributed by atoms with Crippen molar-refractivity contribution in [1.82, 2.24) is 4.90 Å². The Balaban J connectivity index is 2.75. The Labute approximate surface area is 93.7 Å². The standard InChI is InChI=1S/C10H19F3N2O/c1-3-8(14)9(10(11,12)13)15(2)7-4-5-16-6-7/h7-9H,3-6,14H2,1-2H3. The quantitative estimate of drug-likeness (QED) is 0.806. The Kier molecular flexibility index (Phi) is 4.58. The zero-order valence-corrected chi connectivity index (χ0v) is 9.63. The number of hydrogen-bond acceptors (Lipinski definition) is 3. The number of nitrogens with two attached hydrogens (primary N) is 1. The fourth-order valence-corrected chi connectivity index (χ4v) is 2.07. The van der Waals surface area contributed by atoms with Gasteiger partial charge in [0.05, 0.1) is 6.61 Å². The van der Waals surface area contributed by atoms with Gasteiger partial charge in [-0.1, -0.05) is 6.92 Å². The van der Waals surface area contributed by atoms with Crippen LogP contribution in [-0.4, -0.2) is 49.5 Å². The molecule has 3 unspecified atom stereocenters. The van der Waals surface area contributed by atoms with Crippen molar-refractivity contribution in [1.29, 1.82) is 0 Å². The van der Waals surface area contributed by atoms with Crippen molar-refractivity contribution in [2.45, 2.75) is 44.1 Å². The first-order valence-corrected chi connectivity index (χ1v) is 5.50. The van der Waals surface area contributed by atoms with Crippen LogP contribution in [0.15, 0.2) is 0 Å². The largest absolute Gasteiger partial charge is 0.405 e. The third-order valence-corrected chi connectivity index (χ3v) is 3.13. The van der Waals surface area contributed by atoms with Gasteiger partial charge in [-0.15, -0.1) is 0 Å².